The largest absolute Gasteiger partial charge is 0.493 e. The number of benzene rings is 2. The van der Waals surface area contributed by atoms with Crippen molar-refractivity contribution < 1.29 is 23.8 Å². The number of hydrogen-bond donors (Lipinski definition) is 1. The Balaban J connectivity index is 1.22. The third-order valence-corrected chi connectivity index (χ3v) is 8.02. The number of piperidine rings is 1. The molecule has 1 fully saturated rings. The Hall–Kier alpha value is -4.38. The van der Waals surface area contributed by atoms with Crippen molar-refractivity contribution in [2.75, 3.05) is 39.7 Å². The van der Waals surface area contributed by atoms with E-state index in [2.05, 4.69) is 15.4 Å². The predicted octanol–water partition coefficient (Wildman–Crippen LogP) is 4.84. The van der Waals surface area contributed by atoms with Crippen molar-refractivity contribution in [3.8, 4) is 28.5 Å². The van der Waals surface area contributed by atoms with E-state index in [1.54, 1.807) is 29.2 Å². The zero-order valence-corrected chi connectivity index (χ0v) is 23.7. The molecule has 4 aromatic rings. The zero-order valence-electron chi connectivity index (χ0n) is 22.8. The summed E-state index contributed by atoms with van der Waals surface area (Å²) in [6.07, 6.45) is 1.50. The molecule has 2 aromatic heterocycles. The van der Waals surface area contributed by atoms with Crippen LogP contribution in [0.1, 0.15) is 44.6 Å². The van der Waals surface area contributed by atoms with Gasteiger partial charge in [-0.3, -0.25) is 14.3 Å². The number of hydrogen-bond acceptors (Lipinski definition) is 8. The van der Waals surface area contributed by atoms with Crippen LogP contribution < -0.4 is 19.5 Å². The number of ether oxygens (including phenoxy) is 3. The molecule has 0 atom stereocenters. The fraction of sp³-hybridized carbons (Fsp3) is 0.310. The molecular weight excluding hydrogens is 530 g/mol. The van der Waals surface area contributed by atoms with Gasteiger partial charge < -0.3 is 24.4 Å². The van der Waals surface area contributed by atoms with E-state index in [1.165, 1.54) is 32.7 Å². The smallest absolute Gasteiger partial charge is 0.276 e. The second kappa shape index (κ2) is 11.8. The van der Waals surface area contributed by atoms with Gasteiger partial charge in [0.15, 0.2) is 11.5 Å². The molecule has 1 aliphatic heterocycles. The molecule has 2 aromatic carbocycles. The number of methoxy groups -OCH3 is 3. The van der Waals surface area contributed by atoms with E-state index in [1.807, 2.05) is 41.3 Å². The molecule has 1 aliphatic rings. The zero-order chi connectivity index (χ0) is 28.2. The Morgan fingerprint density at radius 2 is 1.70 bits per heavy atom. The number of amides is 2. The molecule has 2 amide bonds. The normalized spacial score (nSPS) is 13.7. The van der Waals surface area contributed by atoms with Crippen LogP contribution in [0.15, 0.2) is 53.9 Å². The minimum Gasteiger partial charge on any atom is -0.493 e. The Morgan fingerprint density at radius 1 is 0.975 bits per heavy atom. The maximum atomic E-state index is 13.4. The van der Waals surface area contributed by atoms with Gasteiger partial charge in [0.1, 0.15) is 11.5 Å². The SMILES string of the molecule is COc1ccc(C(=O)N2CCC(c3nc(C(=O)Nc4cc(-c5ccccc5)nn4C)cs3)CC2)c(OC)c1OC. The lowest BCUT2D eigenvalue weighted by Crippen LogP contribution is -2.38. The number of thiazole rings is 1. The standard InChI is InChI=1S/C29H31N5O5S/c1-33-24(16-21(32-33)18-8-6-5-7-9-18)31-27(35)22-17-40-28(30-22)19-12-14-34(15-13-19)29(36)20-10-11-23(37-2)26(39-4)25(20)38-3/h5-11,16-17,19H,12-15H2,1-4H3,(H,31,35). The van der Waals surface area contributed by atoms with E-state index < -0.39 is 0 Å². The summed E-state index contributed by atoms with van der Waals surface area (Å²) in [6, 6.07) is 15.1. The molecule has 208 valence electrons. The monoisotopic (exact) mass is 561 g/mol. The summed E-state index contributed by atoms with van der Waals surface area (Å²) in [7, 11) is 6.35. The van der Waals surface area contributed by atoms with Crippen LogP contribution in [0, 0.1) is 0 Å². The number of carbonyl (C=O) groups is 2. The molecule has 1 N–H and O–H groups in total. The van der Waals surface area contributed by atoms with Gasteiger partial charge in [-0.25, -0.2) is 4.98 Å². The Bertz CT molecular complexity index is 1510. The van der Waals surface area contributed by atoms with Gasteiger partial charge in [0, 0.05) is 43.1 Å². The van der Waals surface area contributed by atoms with Crippen molar-refractivity contribution in [2.24, 2.45) is 7.05 Å². The molecule has 11 heteroatoms. The fourth-order valence-electron chi connectivity index (χ4n) is 4.86. The number of nitrogens with one attached hydrogen (secondary N) is 1. The van der Waals surface area contributed by atoms with Crippen LogP contribution in [-0.4, -0.2) is 65.9 Å². The minimum absolute atomic E-state index is 0.124. The minimum atomic E-state index is -0.279. The van der Waals surface area contributed by atoms with Gasteiger partial charge in [-0.1, -0.05) is 30.3 Å². The molecule has 0 radical (unpaired) electrons. The number of aryl methyl sites for hydroxylation is 1. The number of rotatable bonds is 8. The van der Waals surface area contributed by atoms with Gasteiger partial charge in [0.05, 0.1) is 37.6 Å². The number of likely N-dealkylation sites (tertiary alicyclic amines) is 1. The molecule has 0 unspecified atom stereocenters. The molecular formula is C29H31N5O5S. The maximum absolute atomic E-state index is 13.4. The van der Waals surface area contributed by atoms with E-state index in [9.17, 15) is 9.59 Å². The molecule has 40 heavy (non-hydrogen) atoms. The predicted molar refractivity (Wildman–Crippen MR) is 153 cm³/mol. The topological polar surface area (TPSA) is 108 Å². The third kappa shape index (κ3) is 5.37. The lowest BCUT2D eigenvalue weighted by molar-refractivity contribution is 0.0708. The number of aromatic nitrogens is 3. The summed E-state index contributed by atoms with van der Waals surface area (Å²) >= 11 is 1.47. The van der Waals surface area contributed by atoms with Gasteiger partial charge in [0.25, 0.3) is 11.8 Å². The van der Waals surface area contributed by atoms with Gasteiger partial charge in [-0.05, 0) is 25.0 Å². The molecule has 0 aliphatic carbocycles. The van der Waals surface area contributed by atoms with E-state index in [-0.39, 0.29) is 17.7 Å². The Morgan fingerprint density at radius 3 is 2.38 bits per heavy atom. The Labute approximate surface area is 236 Å². The molecule has 10 nitrogen and oxygen atoms in total. The van der Waals surface area contributed by atoms with Crippen molar-refractivity contribution >= 4 is 29.0 Å². The highest BCUT2D eigenvalue weighted by molar-refractivity contribution is 7.10. The summed E-state index contributed by atoms with van der Waals surface area (Å²) in [5.41, 5.74) is 2.56. The third-order valence-electron chi connectivity index (χ3n) is 7.01. The van der Waals surface area contributed by atoms with E-state index in [0.717, 1.165) is 29.1 Å². The Kier molecular flexibility index (Phi) is 8.01. The van der Waals surface area contributed by atoms with Gasteiger partial charge in [-0.2, -0.15) is 5.10 Å². The van der Waals surface area contributed by atoms with E-state index in [4.69, 9.17) is 14.2 Å². The molecule has 1 saturated heterocycles. The summed E-state index contributed by atoms with van der Waals surface area (Å²) < 4.78 is 17.9. The van der Waals surface area contributed by atoms with Gasteiger partial charge in [0.2, 0.25) is 5.75 Å². The van der Waals surface area contributed by atoms with Crippen LogP contribution >= 0.6 is 11.3 Å². The average molecular weight is 562 g/mol. The van der Waals surface area contributed by atoms with Crippen LogP contribution in [0.5, 0.6) is 17.2 Å². The number of anilines is 1. The average Bonchev–Trinajstić information content (AvgIpc) is 3.64. The first-order valence-electron chi connectivity index (χ1n) is 12.9. The maximum Gasteiger partial charge on any atom is 0.276 e. The molecule has 5 rings (SSSR count). The van der Waals surface area contributed by atoms with Crippen LogP contribution in [0.2, 0.25) is 0 Å². The molecule has 0 spiro atoms. The first-order chi connectivity index (χ1) is 19.4. The van der Waals surface area contributed by atoms with Crippen LogP contribution in [0.25, 0.3) is 11.3 Å². The second-order valence-electron chi connectivity index (χ2n) is 9.38. The van der Waals surface area contributed by atoms with Crippen molar-refractivity contribution in [2.45, 2.75) is 18.8 Å². The fourth-order valence-corrected chi connectivity index (χ4v) is 5.83. The molecule has 0 saturated carbocycles. The summed E-state index contributed by atoms with van der Waals surface area (Å²) in [4.78, 5) is 32.8. The quantitative estimate of drug-likeness (QED) is 0.328. The van der Waals surface area contributed by atoms with Crippen LogP contribution in [0.4, 0.5) is 5.82 Å². The van der Waals surface area contributed by atoms with E-state index >= 15 is 0 Å². The van der Waals surface area contributed by atoms with Crippen LogP contribution in [0.3, 0.4) is 0 Å². The highest BCUT2D eigenvalue weighted by Gasteiger charge is 2.30. The molecule has 3 heterocycles. The van der Waals surface area contributed by atoms with Crippen molar-refractivity contribution in [3.05, 3.63) is 70.2 Å². The van der Waals surface area contributed by atoms with E-state index in [0.29, 0.717) is 47.4 Å². The van der Waals surface area contributed by atoms with Crippen molar-refractivity contribution in [1.29, 1.82) is 0 Å². The summed E-state index contributed by atoms with van der Waals surface area (Å²) in [5, 5.41) is 10.1. The number of carbonyl (C=O) groups excluding carboxylic acids is 2. The molecule has 0 bridgehead atoms. The van der Waals surface area contributed by atoms with Crippen LogP contribution in [-0.2, 0) is 7.05 Å². The lowest BCUT2D eigenvalue weighted by atomic mass is 9.97. The van der Waals surface area contributed by atoms with Crippen molar-refractivity contribution in [3.63, 3.8) is 0 Å². The summed E-state index contributed by atoms with van der Waals surface area (Å²) in [5.74, 6) is 1.61. The first kappa shape index (κ1) is 27.2. The highest BCUT2D eigenvalue weighted by Crippen LogP contribution is 2.41. The lowest BCUT2D eigenvalue weighted by Gasteiger charge is -2.31. The highest BCUT2D eigenvalue weighted by atomic mass is 32.1. The van der Waals surface area contributed by atoms with Gasteiger partial charge in [-0.15, -0.1) is 11.3 Å². The summed E-state index contributed by atoms with van der Waals surface area (Å²) in [6.45, 7) is 1.14. The van der Waals surface area contributed by atoms with Crippen molar-refractivity contribution in [1.82, 2.24) is 19.7 Å². The second-order valence-corrected chi connectivity index (χ2v) is 10.3. The van der Waals surface area contributed by atoms with Gasteiger partial charge >= 0.3 is 0 Å². The first-order valence-corrected chi connectivity index (χ1v) is 13.8. The number of nitrogens with zero attached hydrogens (tertiary/aromatic N) is 4.